The van der Waals surface area contributed by atoms with E-state index in [0.29, 0.717) is 32.6 Å². The van der Waals surface area contributed by atoms with Crippen LogP contribution in [0, 0.1) is 12.8 Å². The van der Waals surface area contributed by atoms with Gasteiger partial charge in [0.2, 0.25) is 17.7 Å². The zero-order valence-electron chi connectivity index (χ0n) is 13.8. The maximum Gasteiger partial charge on any atom is 0.227 e. The van der Waals surface area contributed by atoms with Crippen molar-refractivity contribution in [2.45, 2.75) is 20.3 Å². The number of hydrogen-bond donors (Lipinski definition) is 1. The molecule has 3 amide bonds. The number of nitrogens with zero attached hydrogens (tertiary/aromatic N) is 2. The third-order valence-corrected chi connectivity index (χ3v) is 5.06. The average Bonchev–Trinajstić information content (AvgIpc) is 2.79. The van der Waals surface area contributed by atoms with Crippen molar-refractivity contribution < 1.29 is 14.4 Å². The molecule has 1 unspecified atom stereocenters. The highest BCUT2D eigenvalue weighted by atomic mass is 32.1. The van der Waals surface area contributed by atoms with Gasteiger partial charge in [-0.3, -0.25) is 14.4 Å². The van der Waals surface area contributed by atoms with E-state index in [1.165, 1.54) is 11.8 Å². The molecule has 7 heteroatoms. The summed E-state index contributed by atoms with van der Waals surface area (Å²) in [7, 11) is 1.58. The van der Waals surface area contributed by atoms with E-state index >= 15 is 0 Å². The van der Waals surface area contributed by atoms with Crippen LogP contribution in [0.25, 0.3) is 0 Å². The van der Waals surface area contributed by atoms with Crippen molar-refractivity contribution in [3.05, 3.63) is 21.9 Å². The molecule has 1 aromatic rings. The smallest absolute Gasteiger partial charge is 0.227 e. The van der Waals surface area contributed by atoms with Crippen LogP contribution in [0.3, 0.4) is 0 Å². The number of thiophene rings is 1. The summed E-state index contributed by atoms with van der Waals surface area (Å²) in [4.78, 5) is 41.8. The third kappa shape index (κ3) is 4.54. The Morgan fingerprint density at radius 1 is 1.22 bits per heavy atom. The predicted octanol–water partition coefficient (Wildman–Crippen LogP) is 0.652. The summed E-state index contributed by atoms with van der Waals surface area (Å²) < 4.78 is 0. The summed E-state index contributed by atoms with van der Waals surface area (Å²) in [5.74, 6) is -0.587. The Labute approximate surface area is 140 Å². The van der Waals surface area contributed by atoms with Gasteiger partial charge in [0, 0.05) is 49.9 Å². The molecule has 1 saturated heterocycles. The van der Waals surface area contributed by atoms with Crippen LogP contribution in [-0.2, 0) is 20.8 Å². The molecule has 1 N–H and O–H groups in total. The highest BCUT2D eigenvalue weighted by Crippen LogP contribution is 2.18. The molecule has 1 aromatic heterocycles. The minimum absolute atomic E-state index is 0.00570. The number of carbonyl (C=O) groups excluding carboxylic acids is 3. The molecule has 1 aliphatic heterocycles. The van der Waals surface area contributed by atoms with Gasteiger partial charge in [0.1, 0.15) is 0 Å². The van der Waals surface area contributed by atoms with Crippen molar-refractivity contribution in [1.29, 1.82) is 0 Å². The van der Waals surface area contributed by atoms with E-state index in [2.05, 4.69) is 5.32 Å². The first-order valence-corrected chi connectivity index (χ1v) is 8.52. The second-order valence-electron chi connectivity index (χ2n) is 5.81. The Morgan fingerprint density at radius 3 is 2.43 bits per heavy atom. The van der Waals surface area contributed by atoms with Crippen LogP contribution in [0.1, 0.15) is 16.7 Å². The Morgan fingerprint density at radius 2 is 1.87 bits per heavy atom. The Balaban J connectivity index is 2.09. The molecular formula is C16H23N3O3S. The van der Waals surface area contributed by atoms with Crippen LogP contribution < -0.4 is 5.32 Å². The van der Waals surface area contributed by atoms with E-state index in [-0.39, 0.29) is 23.6 Å². The van der Waals surface area contributed by atoms with Gasteiger partial charge in [0.05, 0.1) is 12.3 Å². The zero-order chi connectivity index (χ0) is 17.0. The zero-order valence-corrected chi connectivity index (χ0v) is 14.6. The minimum atomic E-state index is -0.388. The molecule has 23 heavy (non-hydrogen) atoms. The van der Waals surface area contributed by atoms with Gasteiger partial charge in [-0.2, -0.15) is 0 Å². The number of nitrogens with one attached hydrogen (secondary N) is 1. The predicted molar refractivity (Wildman–Crippen MR) is 89.2 cm³/mol. The quantitative estimate of drug-likeness (QED) is 0.880. The van der Waals surface area contributed by atoms with Gasteiger partial charge in [-0.25, -0.2) is 0 Å². The van der Waals surface area contributed by atoms with E-state index in [0.717, 1.165) is 4.88 Å². The van der Waals surface area contributed by atoms with Gasteiger partial charge in [-0.05, 0) is 19.1 Å². The number of amides is 3. The molecule has 1 atom stereocenters. The molecule has 2 heterocycles. The summed E-state index contributed by atoms with van der Waals surface area (Å²) >= 11 is 1.61. The minimum Gasteiger partial charge on any atom is -0.359 e. The van der Waals surface area contributed by atoms with Crippen molar-refractivity contribution in [3.63, 3.8) is 0 Å². The topological polar surface area (TPSA) is 69.7 Å². The first kappa shape index (κ1) is 17.5. The molecule has 0 aliphatic carbocycles. The van der Waals surface area contributed by atoms with Crippen LogP contribution >= 0.6 is 11.3 Å². The highest BCUT2D eigenvalue weighted by Gasteiger charge is 2.30. The van der Waals surface area contributed by atoms with E-state index < -0.39 is 0 Å². The lowest BCUT2D eigenvalue weighted by Gasteiger charge is -2.23. The molecular weight excluding hydrogens is 314 g/mol. The third-order valence-electron chi connectivity index (χ3n) is 4.06. The van der Waals surface area contributed by atoms with Crippen LogP contribution in [0.15, 0.2) is 12.1 Å². The van der Waals surface area contributed by atoms with E-state index in [4.69, 9.17) is 0 Å². The fourth-order valence-electron chi connectivity index (χ4n) is 2.74. The van der Waals surface area contributed by atoms with Gasteiger partial charge in [-0.1, -0.05) is 0 Å². The summed E-state index contributed by atoms with van der Waals surface area (Å²) in [5, 5.41) is 2.62. The van der Waals surface area contributed by atoms with Gasteiger partial charge in [-0.15, -0.1) is 11.3 Å². The van der Waals surface area contributed by atoms with Crippen molar-refractivity contribution >= 4 is 29.1 Å². The van der Waals surface area contributed by atoms with Crippen LogP contribution in [0.5, 0.6) is 0 Å². The maximum atomic E-state index is 12.6. The second kappa shape index (κ2) is 7.59. The van der Waals surface area contributed by atoms with E-state index in [1.807, 2.05) is 19.1 Å². The van der Waals surface area contributed by atoms with E-state index in [9.17, 15) is 14.4 Å². The monoisotopic (exact) mass is 337 g/mol. The number of aryl methyl sites for hydroxylation is 1. The van der Waals surface area contributed by atoms with Gasteiger partial charge in [0.25, 0.3) is 0 Å². The van der Waals surface area contributed by atoms with Gasteiger partial charge < -0.3 is 15.1 Å². The molecule has 0 bridgehead atoms. The Kier molecular flexibility index (Phi) is 5.76. The SMILES string of the molecule is CNC(=O)C1CN(C(C)=O)CCN(C(=O)Cc2ccc(C)s2)C1. The van der Waals surface area contributed by atoms with Gasteiger partial charge in [0.15, 0.2) is 0 Å². The number of hydrogen-bond acceptors (Lipinski definition) is 4. The Bertz CT molecular complexity index is 599. The molecule has 0 radical (unpaired) electrons. The molecule has 1 fully saturated rings. The summed E-state index contributed by atoms with van der Waals surface area (Å²) in [5.41, 5.74) is 0. The molecule has 2 rings (SSSR count). The van der Waals surface area contributed by atoms with Gasteiger partial charge >= 0.3 is 0 Å². The number of rotatable bonds is 3. The van der Waals surface area contributed by atoms with Crippen LogP contribution in [-0.4, -0.2) is 60.7 Å². The second-order valence-corrected chi connectivity index (χ2v) is 7.18. The van der Waals surface area contributed by atoms with Crippen LogP contribution in [0.4, 0.5) is 0 Å². The molecule has 126 valence electrons. The summed E-state index contributed by atoms with van der Waals surface area (Å²) in [6.07, 6.45) is 0.346. The number of carbonyl (C=O) groups is 3. The first-order valence-electron chi connectivity index (χ1n) is 7.71. The van der Waals surface area contributed by atoms with Crippen molar-refractivity contribution in [2.75, 3.05) is 33.2 Å². The first-order chi connectivity index (χ1) is 10.9. The lowest BCUT2D eigenvalue weighted by molar-refractivity contribution is -0.132. The van der Waals surface area contributed by atoms with Crippen molar-refractivity contribution in [3.8, 4) is 0 Å². The lowest BCUT2D eigenvalue weighted by Crippen LogP contribution is -2.42. The van der Waals surface area contributed by atoms with Crippen molar-refractivity contribution in [1.82, 2.24) is 15.1 Å². The fourth-order valence-corrected chi connectivity index (χ4v) is 3.62. The molecule has 0 spiro atoms. The highest BCUT2D eigenvalue weighted by molar-refractivity contribution is 7.12. The standard InChI is InChI=1S/C16H23N3O3S/c1-11-4-5-14(23-11)8-15(21)19-7-6-18(12(2)20)9-13(10-19)16(22)17-3/h4-5,13H,6-10H2,1-3H3,(H,17,22). The van der Waals surface area contributed by atoms with Crippen molar-refractivity contribution in [2.24, 2.45) is 5.92 Å². The summed E-state index contributed by atoms with van der Waals surface area (Å²) in [6.45, 7) is 5.15. The van der Waals surface area contributed by atoms with Crippen LogP contribution in [0.2, 0.25) is 0 Å². The molecule has 1 aliphatic rings. The average molecular weight is 337 g/mol. The maximum absolute atomic E-state index is 12.6. The molecule has 0 saturated carbocycles. The summed E-state index contributed by atoms with van der Waals surface area (Å²) in [6, 6.07) is 3.97. The fraction of sp³-hybridized carbons (Fsp3) is 0.562. The lowest BCUT2D eigenvalue weighted by atomic mass is 10.1. The van der Waals surface area contributed by atoms with E-state index in [1.54, 1.807) is 28.2 Å². The normalized spacial score (nSPS) is 18.5. The molecule has 6 nitrogen and oxygen atoms in total. The molecule has 0 aromatic carbocycles. The Hall–Kier alpha value is -1.89. The largest absolute Gasteiger partial charge is 0.359 e.